The van der Waals surface area contributed by atoms with E-state index in [1.54, 1.807) is 6.08 Å². The molecule has 10 nitrogen and oxygen atoms in total. The van der Waals surface area contributed by atoms with E-state index in [1.807, 2.05) is 6.92 Å². The zero-order valence-corrected chi connectivity index (χ0v) is 23.0. The maximum atomic E-state index is 12.0. The van der Waals surface area contributed by atoms with Crippen molar-refractivity contribution in [2.45, 2.75) is 46.7 Å². The van der Waals surface area contributed by atoms with Crippen LogP contribution in [0.4, 0.5) is 0 Å². The quantitative estimate of drug-likeness (QED) is 0.346. The second-order valence-corrected chi connectivity index (χ2v) is 13.9. The molecule has 0 aliphatic carbocycles. The summed E-state index contributed by atoms with van der Waals surface area (Å²) < 4.78 is 50.9. The van der Waals surface area contributed by atoms with Gasteiger partial charge in [-0.05, 0) is 31.3 Å². The third-order valence-electron chi connectivity index (χ3n) is 6.95. The van der Waals surface area contributed by atoms with Crippen LogP contribution in [-0.4, -0.2) is 116 Å². The fraction of sp³-hybridized carbons (Fsp3) is 0.818. The molecule has 0 unspecified atom stereocenters. The highest BCUT2D eigenvalue weighted by Gasteiger charge is 2.37. The molecular weight excluding hydrogens is 480 g/mol. The molecule has 2 N–H and O–H groups in total. The fourth-order valence-corrected chi connectivity index (χ4v) is 6.44. The third kappa shape index (κ3) is 7.66. The summed E-state index contributed by atoms with van der Waals surface area (Å²) in [5.41, 5.74) is 0.665. The van der Waals surface area contributed by atoms with Gasteiger partial charge in [0.25, 0.3) is 0 Å². The molecule has 0 saturated carbocycles. The molecule has 198 valence electrons. The van der Waals surface area contributed by atoms with Gasteiger partial charge < -0.3 is 10.2 Å². The smallest absolute Gasteiger partial charge is 0.211 e. The molecule has 34 heavy (non-hydrogen) atoms. The van der Waals surface area contributed by atoms with Crippen LogP contribution in [0.1, 0.15) is 40.5 Å². The van der Waals surface area contributed by atoms with Gasteiger partial charge in [-0.2, -0.15) is 8.61 Å². The van der Waals surface area contributed by atoms with Crippen LogP contribution in [-0.2, 0) is 20.0 Å². The van der Waals surface area contributed by atoms with Gasteiger partial charge in [0.15, 0.2) is 5.76 Å². The zero-order chi connectivity index (χ0) is 25.9. The first kappa shape index (κ1) is 29.1. The van der Waals surface area contributed by atoms with Gasteiger partial charge in [-0.3, -0.25) is 9.80 Å². The van der Waals surface area contributed by atoms with Gasteiger partial charge in [-0.15, -0.1) is 0 Å². The molecule has 0 atom stereocenters. The van der Waals surface area contributed by atoms with Crippen molar-refractivity contribution in [2.24, 2.45) is 5.41 Å². The van der Waals surface area contributed by atoms with Crippen molar-refractivity contribution >= 4 is 20.0 Å². The fourth-order valence-electron chi connectivity index (χ4n) is 4.79. The van der Waals surface area contributed by atoms with Crippen LogP contribution in [0, 0.1) is 5.41 Å². The Morgan fingerprint density at radius 1 is 0.853 bits per heavy atom. The minimum Gasteiger partial charge on any atom is -0.509 e. The monoisotopic (exact) mass is 522 g/mol. The van der Waals surface area contributed by atoms with Gasteiger partial charge >= 0.3 is 0 Å². The van der Waals surface area contributed by atoms with Gasteiger partial charge in [0, 0.05) is 52.4 Å². The molecule has 2 rings (SSSR count). The van der Waals surface area contributed by atoms with Crippen molar-refractivity contribution in [3.8, 4) is 0 Å². The molecule has 0 amide bonds. The third-order valence-corrected chi connectivity index (χ3v) is 9.56. The van der Waals surface area contributed by atoms with Crippen molar-refractivity contribution < 1.29 is 27.0 Å². The minimum atomic E-state index is -3.24. The lowest BCUT2D eigenvalue weighted by Crippen LogP contribution is -2.61. The van der Waals surface area contributed by atoms with Crippen LogP contribution < -0.4 is 0 Å². The molecule has 2 fully saturated rings. The zero-order valence-electron chi connectivity index (χ0n) is 21.4. The average molecular weight is 523 g/mol. The van der Waals surface area contributed by atoms with Crippen LogP contribution >= 0.6 is 0 Å². The number of aliphatic hydroxyl groups is 2. The van der Waals surface area contributed by atoms with Gasteiger partial charge in [-0.1, -0.05) is 26.3 Å². The van der Waals surface area contributed by atoms with E-state index in [2.05, 4.69) is 23.6 Å². The number of hydrogen-bond acceptors (Lipinski definition) is 8. The molecule has 0 radical (unpaired) electrons. The van der Waals surface area contributed by atoms with Crippen molar-refractivity contribution in [2.75, 3.05) is 64.9 Å². The predicted octanol–water partition coefficient (Wildman–Crippen LogP) is 1.57. The maximum absolute atomic E-state index is 12.0. The summed E-state index contributed by atoms with van der Waals surface area (Å²) in [5, 5.41) is 19.8. The van der Waals surface area contributed by atoms with E-state index >= 15 is 0 Å². The van der Waals surface area contributed by atoms with Crippen LogP contribution in [0.5, 0.6) is 0 Å². The summed E-state index contributed by atoms with van der Waals surface area (Å²) in [7, 11) is -6.49. The number of nitrogens with zero attached hydrogens (tertiary/aromatic N) is 4. The van der Waals surface area contributed by atoms with Crippen molar-refractivity contribution in [3.63, 3.8) is 0 Å². The molecule has 2 heterocycles. The molecule has 0 aromatic rings. The number of aliphatic hydroxyl groups excluding tert-OH is 2. The summed E-state index contributed by atoms with van der Waals surface area (Å²) in [6.45, 7) is 11.7. The Balaban J connectivity index is 2.29. The summed E-state index contributed by atoms with van der Waals surface area (Å²) in [4.78, 5) is 4.58. The maximum Gasteiger partial charge on any atom is 0.211 e. The van der Waals surface area contributed by atoms with Crippen LogP contribution in [0.25, 0.3) is 0 Å². The molecular formula is C22H42N4O6S2. The first-order valence-electron chi connectivity index (χ1n) is 11.7. The first-order valence-corrected chi connectivity index (χ1v) is 15.4. The van der Waals surface area contributed by atoms with E-state index in [9.17, 15) is 27.0 Å². The molecule has 0 spiro atoms. The SMILES string of the molecule is CC/C(=C\C(O)=C(/C)O)C(C)(C)CC(N1CCN(S(C)(=O)=O)CC1)N1CCN(S(C)(=O)=O)CC1. The Kier molecular flexibility index (Phi) is 9.62. The Morgan fingerprint density at radius 3 is 1.53 bits per heavy atom. The highest BCUT2D eigenvalue weighted by Crippen LogP contribution is 2.37. The summed E-state index contributed by atoms with van der Waals surface area (Å²) in [6, 6.07) is 0. The number of piperazine rings is 2. The largest absolute Gasteiger partial charge is 0.509 e. The van der Waals surface area contributed by atoms with Gasteiger partial charge in [-0.25, -0.2) is 16.8 Å². The molecule has 0 aromatic carbocycles. The van der Waals surface area contributed by atoms with E-state index in [0.717, 1.165) is 5.57 Å². The number of sulfonamides is 2. The Hall–Kier alpha value is -1.18. The lowest BCUT2D eigenvalue weighted by Gasteiger charge is -2.48. The summed E-state index contributed by atoms with van der Waals surface area (Å²) >= 11 is 0. The van der Waals surface area contributed by atoms with Crippen molar-refractivity contribution in [1.82, 2.24) is 18.4 Å². The second kappa shape index (κ2) is 11.3. The average Bonchev–Trinajstić information content (AvgIpc) is 2.74. The van der Waals surface area contributed by atoms with Gasteiger partial charge in [0.1, 0.15) is 5.76 Å². The molecule has 0 bridgehead atoms. The van der Waals surface area contributed by atoms with Crippen LogP contribution in [0.3, 0.4) is 0 Å². The Bertz CT molecular complexity index is 919. The normalized spacial score (nSPS) is 22.3. The molecule has 12 heteroatoms. The Labute approximate surface area is 205 Å². The van der Waals surface area contributed by atoms with E-state index < -0.39 is 20.0 Å². The van der Waals surface area contributed by atoms with Crippen molar-refractivity contribution in [1.29, 1.82) is 0 Å². The lowest BCUT2D eigenvalue weighted by atomic mass is 9.77. The van der Waals surface area contributed by atoms with E-state index in [4.69, 9.17) is 0 Å². The minimum absolute atomic E-state index is 0.0188. The predicted molar refractivity (Wildman–Crippen MR) is 134 cm³/mol. The van der Waals surface area contributed by atoms with Crippen LogP contribution in [0.2, 0.25) is 0 Å². The topological polar surface area (TPSA) is 122 Å². The van der Waals surface area contributed by atoms with E-state index in [-0.39, 0.29) is 23.1 Å². The Morgan fingerprint density at radius 2 is 1.24 bits per heavy atom. The highest BCUT2D eigenvalue weighted by atomic mass is 32.2. The molecule has 0 aromatic heterocycles. The summed E-state index contributed by atoms with van der Waals surface area (Å²) in [5.74, 6) is -0.280. The van der Waals surface area contributed by atoms with Gasteiger partial charge in [0.05, 0.1) is 18.7 Å². The number of hydrogen-bond donors (Lipinski definition) is 2. The van der Waals surface area contributed by atoms with E-state index in [1.165, 1.54) is 28.0 Å². The number of allylic oxidation sites excluding steroid dienone is 3. The second-order valence-electron chi connectivity index (χ2n) is 9.96. The molecule has 2 saturated heterocycles. The highest BCUT2D eigenvalue weighted by molar-refractivity contribution is 7.88. The van der Waals surface area contributed by atoms with Gasteiger partial charge in [0.2, 0.25) is 20.0 Å². The summed E-state index contributed by atoms with van der Waals surface area (Å²) in [6.07, 6.45) is 5.48. The van der Waals surface area contributed by atoms with E-state index in [0.29, 0.717) is 65.2 Å². The number of rotatable bonds is 9. The molecule has 2 aliphatic heterocycles. The van der Waals surface area contributed by atoms with Crippen LogP contribution in [0.15, 0.2) is 23.2 Å². The van der Waals surface area contributed by atoms with Crippen molar-refractivity contribution in [3.05, 3.63) is 23.2 Å². The first-order chi connectivity index (χ1) is 15.6. The molecule has 2 aliphatic rings. The lowest BCUT2D eigenvalue weighted by molar-refractivity contribution is -0.0147. The standard InChI is InChI=1S/C22H42N4O6S2/c1-7-19(16-20(28)18(2)27)22(3,4)17-21(23-8-12-25(13-9-23)33(5,29)30)24-10-14-26(15-11-24)34(6,31)32/h16,21,27-28H,7-15,17H2,1-6H3/b19-16+,20-18-.